The zero-order valence-corrected chi connectivity index (χ0v) is 7.50. The molecule has 2 aromatic rings. The molecular formula is C10H10FN3. The molecule has 0 fully saturated rings. The topological polar surface area (TPSA) is 40.7 Å². The lowest BCUT2D eigenvalue weighted by Gasteiger charge is -2.02. The Labute approximate surface area is 81.0 Å². The van der Waals surface area contributed by atoms with Gasteiger partial charge in [-0.3, -0.25) is 0 Å². The number of hydrogen-bond donors (Lipinski definition) is 2. The van der Waals surface area contributed by atoms with Gasteiger partial charge in [0, 0.05) is 18.9 Å². The summed E-state index contributed by atoms with van der Waals surface area (Å²) in [5.41, 5.74) is 1.14. The fourth-order valence-corrected chi connectivity index (χ4v) is 1.14. The van der Waals surface area contributed by atoms with Crippen molar-refractivity contribution in [1.29, 1.82) is 0 Å². The third-order valence-corrected chi connectivity index (χ3v) is 1.86. The predicted octanol–water partition coefficient (Wildman–Crippen LogP) is 2.16. The first-order chi connectivity index (χ1) is 6.84. The molecule has 0 unspecified atom stereocenters. The molecule has 2 rings (SSSR count). The first kappa shape index (κ1) is 8.74. The average molecular weight is 191 g/mol. The highest BCUT2D eigenvalue weighted by Gasteiger charge is 1.95. The minimum atomic E-state index is -0.322. The summed E-state index contributed by atoms with van der Waals surface area (Å²) in [5, 5.41) is 3.08. The van der Waals surface area contributed by atoms with E-state index < -0.39 is 0 Å². The van der Waals surface area contributed by atoms with Crippen LogP contribution in [0.5, 0.6) is 0 Å². The summed E-state index contributed by atoms with van der Waals surface area (Å²) in [5.74, 6) is 0.352. The van der Waals surface area contributed by atoms with Crippen molar-refractivity contribution >= 4 is 5.82 Å². The van der Waals surface area contributed by atoms with Gasteiger partial charge < -0.3 is 10.3 Å². The Morgan fingerprint density at radius 2 is 2.29 bits per heavy atom. The van der Waals surface area contributed by atoms with Crippen LogP contribution in [0.3, 0.4) is 0 Å². The molecule has 0 radical (unpaired) electrons. The van der Waals surface area contributed by atoms with Gasteiger partial charge in [-0.15, -0.1) is 0 Å². The van der Waals surface area contributed by atoms with E-state index in [1.54, 1.807) is 6.07 Å². The van der Waals surface area contributed by atoms with Crippen molar-refractivity contribution in [2.45, 2.75) is 6.54 Å². The van der Waals surface area contributed by atoms with Crippen LogP contribution in [0.25, 0.3) is 0 Å². The molecule has 72 valence electrons. The van der Waals surface area contributed by atoms with Gasteiger partial charge in [-0.2, -0.15) is 0 Å². The largest absolute Gasteiger partial charge is 0.367 e. The van der Waals surface area contributed by atoms with Gasteiger partial charge in [-0.25, -0.2) is 9.37 Å². The number of rotatable bonds is 3. The zero-order valence-electron chi connectivity index (χ0n) is 7.50. The molecule has 0 saturated carbocycles. The van der Waals surface area contributed by atoms with E-state index in [1.165, 1.54) is 12.3 Å². The normalized spacial score (nSPS) is 10.1. The van der Waals surface area contributed by atoms with Gasteiger partial charge in [0.15, 0.2) is 0 Å². The van der Waals surface area contributed by atoms with E-state index >= 15 is 0 Å². The molecule has 2 aromatic heterocycles. The fraction of sp³-hybridized carbons (Fsp3) is 0.100. The third-order valence-electron chi connectivity index (χ3n) is 1.86. The summed E-state index contributed by atoms with van der Waals surface area (Å²) in [4.78, 5) is 6.84. The maximum atomic E-state index is 12.5. The van der Waals surface area contributed by atoms with E-state index in [0.29, 0.717) is 12.4 Å². The molecule has 14 heavy (non-hydrogen) atoms. The van der Waals surface area contributed by atoms with Crippen LogP contribution in [-0.4, -0.2) is 9.97 Å². The Morgan fingerprint density at radius 1 is 1.36 bits per heavy atom. The average Bonchev–Trinajstić information content (AvgIpc) is 2.70. The fourth-order valence-electron chi connectivity index (χ4n) is 1.14. The smallest absolute Gasteiger partial charge is 0.141 e. The summed E-state index contributed by atoms with van der Waals surface area (Å²) in [6.07, 6.45) is 4.95. The Bertz CT molecular complexity index is 380. The molecule has 2 heterocycles. The third kappa shape index (κ3) is 2.10. The number of hydrogen-bond acceptors (Lipinski definition) is 2. The van der Waals surface area contributed by atoms with Crippen LogP contribution in [0.2, 0.25) is 0 Å². The van der Waals surface area contributed by atoms with E-state index in [2.05, 4.69) is 15.3 Å². The summed E-state index contributed by atoms with van der Waals surface area (Å²) >= 11 is 0. The van der Waals surface area contributed by atoms with Crippen LogP contribution >= 0.6 is 0 Å². The Morgan fingerprint density at radius 3 is 2.93 bits per heavy atom. The van der Waals surface area contributed by atoms with Crippen LogP contribution in [0, 0.1) is 5.82 Å². The zero-order chi connectivity index (χ0) is 9.80. The molecule has 2 N–H and O–H groups in total. The van der Waals surface area contributed by atoms with Crippen LogP contribution in [0.1, 0.15) is 5.56 Å². The lowest BCUT2D eigenvalue weighted by molar-refractivity contribution is 0.621. The molecule has 4 heteroatoms. The van der Waals surface area contributed by atoms with Gasteiger partial charge in [0.1, 0.15) is 11.6 Å². The van der Waals surface area contributed by atoms with Crippen molar-refractivity contribution in [3.05, 3.63) is 48.2 Å². The minimum Gasteiger partial charge on any atom is -0.367 e. The lowest BCUT2D eigenvalue weighted by Crippen LogP contribution is -1.99. The number of aromatic amines is 1. The monoisotopic (exact) mass is 191 g/mol. The van der Waals surface area contributed by atoms with E-state index in [1.807, 2.05) is 18.5 Å². The summed E-state index contributed by atoms with van der Waals surface area (Å²) < 4.78 is 12.5. The maximum Gasteiger partial charge on any atom is 0.141 e. The summed E-state index contributed by atoms with van der Waals surface area (Å²) in [6, 6.07) is 4.96. The standard InChI is InChI=1S/C10H10FN3/c11-9-1-2-10(14-7-9)13-6-8-3-4-12-5-8/h1-5,7,12H,6H2,(H,13,14). The second kappa shape index (κ2) is 3.91. The Balaban J connectivity index is 1.95. The first-order valence-corrected chi connectivity index (χ1v) is 4.32. The highest BCUT2D eigenvalue weighted by Crippen LogP contribution is 2.05. The van der Waals surface area contributed by atoms with Crippen LogP contribution < -0.4 is 5.32 Å². The molecule has 0 aliphatic rings. The number of aromatic nitrogens is 2. The summed E-state index contributed by atoms with van der Waals surface area (Å²) in [7, 11) is 0. The van der Waals surface area contributed by atoms with Gasteiger partial charge in [0.2, 0.25) is 0 Å². The lowest BCUT2D eigenvalue weighted by atomic mass is 10.3. The van der Waals surface area contributed by atoms with Crippen molar-refractivity contribution < 1.29 is 4.39 Å². The van der Waals surface area contributed by atoms with Crippen molar-refractivity contribution in [2.75, 3.05) is 5.32 Å². The number of nitrogens with zero attached hydrogens (tertiary/aromatic N) is 1. The van der Waals surface area contributed by atoms with E-state index in [4.69, 9.17) is 0 Å². The van der Waals surface area contributed by atoms with Crippen LogP contribution in [0.15, 0.2) is 36.8 Å². The van der Waals surface area contributed by atoms with Gasteiger partial charge in [-0.05, 0) is 23.8 Å². The Hall–Kier alpha value is -1.84. The second-order valence-corrected chi connectivity index (χ2v) is 2.93. The van der Waals surface area contributed by atoms with E-state index in [9.17, 15) is 4.39 Å². The molecule has 0 amide bonds. The SMILES string of the molecule is Fc1ccc(NCc2cc[nH]c2)nc1. The highest BCUT2D eigenvalue weighted by molar-refractivity contribution is 5.34. The maximum absolute atomic E-state index is 12.5. The molecule has 0 aromatic carbocycles. The molecule has 0 bridgehead atoms. The predicted molar refractivity (Wildman–Crippen MR) is 52.3 cm³/mol. The first-order valence-electron chi connectivity index (χ1n) is 4.32. The van der Waals surface area contributed by atoms with Crippen molar-refractivity contribution in [1.82, 2.24) is 9.97 Å². The summed E-state index contributed by atoms with van der Waals surface area (Å²) in [6.45, 7) is 0.683. The molecule has 0 aliphatic heterocycles. The number of anilines is 1. The van der Waals surface area contributed by atoms with Crippen molar-refractivity contribution in [2.24, 2.45) is 0 Å². The molecule has 0 spiro atoms. The quantitative estimate of drug-likeness (QED) is 0.780. The number of nitrogens with one attached hydrogen (secondary N) is 2. The van der Waals surface area contributed by atoms with Crippen molar-refractivity contribution in [3.63, 3.8) is 0 Å². The van der Waals surface area contributed by atoms with Gasteiger partial charge in [0.05, 0.1) is 6.20 Å². The second-order valence-electron chi connectivity index (χ2n) is 2.93. The number of H-pyrrole nitrogens is 1. The van der Waals surface area contributed by atoms with E-state index in [-0.39, 0.29) is 5.82 Å². The van der Waals surface area contributed by atoms with Crippen molar-refractivity contribution in [3.8, 4) is 0 Å². The van der Waals surface area contributed by atoms with Crippen LogP contribution in [-0.2, 0) is 6.54 Å². The molecule has 0 saturated heterocycles. The number of pyridine rings is 1. The van der Waals surface area contributed by atoms with Crippen LogP contribution in [0.4, 0.5) is 10.2 Å². The molecular weight excluding hydrogens is 181 g/mol. The Kier molecular flexibility index (Phi) is 2.44. The highest BCUT2D eigenvalue weighted by atomic mass is 19.1. The minimum absolute atomic E-state index is 0.322. The van der Waals surface area contributed by atoms with E-state index in [0.717, 1.165) is 5.56 Å². The molecule has 3 nitrogen and oxygen atoms in total. The van der Waals surface area contributed by atoms with Gasteiger partial charge in [0.25, 0.3) is 0 Å². The van der Waals surface area contributed by atoms with Gasteiger partial charge in [-0.1, -0.05) is 0 Å². The number of halogens is 1. The molecule has 0 aliphatic carbocycles. The molecule has 0 atom stereocenters. The van der Waals surface area contributed by atoms with Gasteiger partial charge >= 0.3 is 0 Å².